The Balaban J connectivity index is 2.07. The molecule has 0 radical (unpaired) electrons. The molecule has 0 bridgehead atoms. The lowest BCUT2D eigenvalue weighted by Gasteiger charge is -2.31. The van der Waals surface area contributed by atoms with Crippen LogP contribution in [0.4, 0.5) is 11.4 Å². The molecule has 9 nitrogen and oxygen atoms in total. The molecule has 2 aliphatic rings. The fraction of sp³-hybridized carbons (Fsp3) is 0.353. The zero-order chi connectivity index (χ0) is 19.6. The number of nitro benzene ring substituents is 1. The van der Waals surface area contributed by atoms with Crippen molar-refractivity contribution in [3.05, 3.63) is 39.4 Å². The number of nitrogens with one attached hydrogen (secondary N) is 2. The van der Waals surface area contributed by atoms with E-state index in [-0.39, 0.29) is 16.4 Å². The van der Waals surface area contributed by atoms with Crippen LogP contribution in [0, 0.1) is 10.1 Å². The maximum absolute atomic E-state index is 12.6. The zero-order valence-electron chi connectivity index (χ0n) is 14.7. The molecule has 10 heteroatoms. The predicted molar refractivity (Wildman–Crippen MR) is 104 cm³/mol. The van der Waals surface area contributed by atoms with Crippen LogP contribution in [0.1, 0.15) is 12.5 Å². The van der Waals surface area contributed by atoms with E-state index < -0.39 is 16.7 Å². The maximum Gasteiger partial charge on any atom is 0.270 e. The summed E-state index contributed by atoms with van der Waals surface area (Å²) in [6, 6.07) is 4.47. The van der Waals surface area contributed by atoms with E-state index in [2.05, 4.69) is 15.5 Å². The second-order valence-corrected chi connectivity index (χ2v) is 6.49. The summed E-state index contributed by atoms with van der Waals surface area (Å²) < 4.78 is 0. The van der Waals surface area contributed by atoms with E-state index in [4.69, 9.17) is 12.2 Å². The predicted octanol–water partition coefficient (Wildman–Crippen LogP) is 0.651. The SMILES string of the molecule is CCN1C(=O)/C(=C\c2cc([N+](=O)[O-])ccc2N2CCNCC2)C(=O)NC1=S. The van der Waals surface area contributed by atoms with Crippen LogP contribution in [-0.2, 0) is 9.59 Å². The number of rotatable bonds is 4. The number of likely N-dealkylation sites (N-methyl/N-ethyl adjacent to an activating group) is 1. The third-order valence-corrected chi connectivity index (χ3v) is 4.80. The lowest BCUT2D eigenvalue weighted by atomic mass is 10.0. The molecule has 2 amide bonds. The third-order valence-electron chi connectivity index (χ3n) is 4.48. The van der Waals surface area contributed by atoms with Crippen LogP contribution >= 0.6 is 12.2 Å². The molecule has 0 atom stereocenters. The normalized spacial score (nSPS) is 19.4. The van der Waals surface area contributed by atoms with Crippen molar-refractivity contribution < 1.29 is 14.5 Å². The number of anilines is 1. The van der Waals surface area contributed by atoms with Crippen LogP contribution in [0.25, 0.3) is 6.08 Å². The molecule has 2 heterocycles. The molecule has 1 aromatic carbocycles. The topological polar surface area (TPSA) is 108 Å². The fourth-order valence-electron chi connectivity index (χ4n) is 3.10. The Labute approximate surface area is 161 Å². The number of hydrogen-bond donors (Lipinski definition) is 2. The first-order valence-electron chi connectivity index (χ1n) is 8.55. The van der Waals surface area contributed by atoms with E-state index in [0.29, 0.717) is 12.1 Å². The third kappa shape index (κ3) is 3.81. The van der Waals surface area contributed by atoms with Gasteiger partial charge in [-0.3, -0.25) is 29.9 Å². The molecule has 2 N–H and O–H groups in total. The van der Waals surface area contributed by atoms with Gasteiger partial charge in [0, 0.05) is 56.1 Å². The van der Waals surface area contributed by atoms with Gasteiger partial charge in [0.15, 0.2) is 5.11 Å². The molecule has 0 aromatic heterocycles. The highest BCUT2D eigenvalue weighted by atomic mass is 32.1. The smallest absolute Gasteiger partial charge is 0.270 e. The zero-order valence-corrected chi connectivity index (χ0v) is 15.5. The molecular formula is C17H19N5O4S. The van der Waals surface area contributed by atoms with Crippen molar-refractivity contribution in [2.75, 3.05) is 37.6 Å². The van der Waals surface area contributed by atoms with Crippen molar-refractivity contribution in [3.63, 3.8) is 0 Å². The number of non-ortho nitro benzene ring substituents is 1. The second-order valence-electron chi connectivity index (χ2n) is 6.10. The van der Waals surface area contributed by atoms with Gasteiger partial charge < -0.3 is 10.2 Å². The Kier molecular flexibility index (Phi) is 5.47. The van der Waals surface area contributed by atoms with E-state index in [1.807, 2.05) is 0 Å². The Morgan fingerprint density at radius 2 is 2.00 bits per heavy atom. The minimum absolute atomic E-state index is 0.0611. The number of benzene rings is 1. The summed E-state index contributed by atoms with van der Waals surface area (Å²) in [6.07, 6.45) is 1.41. The molecule has 0 aliphatic carbocycles. The molecule has 2 fully saturated rings. The van der Waals surface area contributed by atoms with Crippen LogP contribution in [0.15, 0.2) is 23.8 Å². The van der Waals surface area contributed by atoms with Gasteiger partial charge in [-0.05, 0) is 31.3 Å². The van der Waals surface area contributed by atoms with Crippen molar-refractivity contribution >= 4 is 46.6 Å². The molecule has 2 saturated heterocycles. The average molecular weight is 389 g/mol. The molecule has 142 valence electrons. The molecule has 2 aliphatic heterocycles. The molecular weight excluding hydrogens is 370 g/mol. The van der Waals surface area contributed by atoms with Crippen LogP contribution in [-0.4, -0.2) is 59.5 Å². The number of hydrogen-bond acceptors (Lipinski definition) is 7. The lowest BCUT2D eigenvalue weighted by molar-refractivity contribution is -0.384. The highest BCUT2D eigenvalue weighted by Crippen LogP contribution is 2.29. The Bertz CT molecular complexity index is 848. The van der Waals surface area contributed by atoms with Gasteiger partial charge in [0.2, 0.25) is 0 Å². The van der Waals surface area contributed by atoms with Gasteiger partial charge in [0.25, 0.3) is 17.5 Å². The number of amides is 2. The standard InChI is InChI=1S/C17H19N5O4S/c1-2-21-16(24)13(15(23)19-17(21)27)10-11-9-12(22(25)26)3-4-14(11)20-7-5-18-6-8-20/h3-4,9-10,18H,2,5-8H2,1H3,(H,19,23,27)/b13-10-. The van der Waals surface area contributed by atoms with Crippen LogP contribution < -0.4 is 15.5 Å². The Hall–Kier alpha value is -2.85. The van der Waals surface area contributed by atoms with Crippen molar-refractivity contribution in [1.29, 1.82) is 0 Å². The lowest BCUT2D eigenvalue weighted by Crippen LogP contribution is -2.53. The Morgan fingerprint density at radius 1 is 1.30 bits per heavy atom. The summed E-state index contributed by atoms with van der Waals surface area (Å²) in [5.41, 5.74) is 0.995. The molecule has 0 spiro atoms. The number of carbonyl (C=O) groups is 2. The first-order chi connectivity index (χ1) is 12.9. The number of carbonyl (C=O) groups excluding carboxylic acids is 2. The maximum atomic E-state index is 12.6. The molecule has 1 aromatic rings. The van der Waals surface area contributed by atoms with Crippen LogP contribution in [0.3, 0.4) is 0 Å². The minimum Gasteiger partial charge on any atom is -0.368 e. The van der Waals surface area contributed by atoms with E-state index in [9.17, 15) is 19.7 Å². The van der Waals surface area contributed by atoms with Crippen molar-refractivity contribution in [2.45, 2.75) is 6.92 Å². The summed E-state index contributed by atoms with van der Waals surface area (Å²) in [5, 5.41) is 17.0. The van der Waals surface area contributed by atoms with E-state index >= 15 is 0 Å². The van der Waals surface area contributed by atoms with Crippen molar-refractivity contribution in [1.82, 2.24) is 15.5 Å². The highest BCUT2D eigenvalue weighted by molar-refractivity contribution is 7.80. The van der Waals surface area contributed by atoms with Crippen LogP contribution in [0.5, 0.6) is 0 Å². The summed E-state index contributed by atoms with van der Waals surface area (Å²) in [4.78, 5) is 39.0. The molecule has 3 rings (SSSR count). The van der Waals surface area contributed by atoms with Gasteiger partial charge in [0.1, 0.15) is 5.57 Å². The summed E-state index contributed by atoms with van der Waals surface area (Å²) in [5.74, 6) is -1.11. The van der Waals surface area contributed by atoms with Crippen molar-refractivity contribution in [2.24, 2.45) is 0 Å². The minimum atomic E-state index is -0.604. The largest absolute Gasteiger partial charge is 0.368 e. The van der Waals surface area contributed by atoms with Gasteiger partial charge in [-0.15, -0.1) is 0 Å². The second kappa shape index (κ2) is 7.80. The van der Waals surface area contributed by atoms with Gasteiger partial charge in [-0.2, -0.15) is 0 Å². The summed E-state index contributed by atoms with van der Waals surface area (Å²) in [7, 11) is 0. The Morgan fingerprint density at radius 3 is 2.63 bits per heavy atom. The van der Waals surface area contributed by atoms with Gasteiger partial charge in [0.05, 0.1) is 4.92 Å². The first-order valence-corrected chi connectivity index (χ1v) is 8.96. The number of thiocarbonyl (C=S) groups is 1. The molecule has 0 saturated carbocycles. The summed E-state index contributed by atoms with van der Waals surface area (Å²) >= 11 is 5.02. The number of nitrogens with zero attached hydrogens (tertiary/aromatic N) is 3. The van der Waals surface area contributed by atoms with E-state index in [1.54, 1.807) is 13.0 Å². The first kappa shape index (κ1) is 18.9. The monoisotopic (exact) mass is 389 g/mol. The highest BCUT2D eigenvalue weighted by Gasteiger charge is 2.32. The van der Waals surface area contributed by atoms with E-state index in [1.165, 1.54) is 23.1 Å². The average Bonchev–Trinajstić information content (AvgIpc) is 2.66. The fourth-order valence-corrected chi connectivity index (χ4v) is 3.41. The van der Waals surface area contributed by atoms with Gasteiger partial charge >= 0.3 is 0 Å². The van der Waals surface area contributed by atoms with Crippen LogP contribution in [0.2, 0.25) is 0 Å². The number of nitro groups is 1. The van der Waals surface area contributed by atoms with E-state index in [0.717, 1.165) is 31.9 Å². The van der Waals surface area contributed by atoms with Gasteiger partial charge in [-0.25, -0.2) is 0 Å². The van der Waals surface area contributed by atoms with Crippen molar-refractivity contribution in [3.8, 4) is 0 Å². The van der Waals surface area contributed by atoms with Gasteiger partial charge in [-0.1, -0.05) is 0 Å². The quantitative estimate of drug-likeness (QED) is 0.256. The molecule has 0 unspecified atom stereocenters. The molecule has 27 heavy (non-hydrogen) atoms. The summed E-state index contributed by atoms with van der Waals surface area (Å²) in [6.45, 7) is 5.07. The number of piperazine rings is 1.